The Morgan fingerprint density at radius 1 is 1.52 bits per heavy atom. The van der Waals surface area contributed by atoms with Gasteiger partial charge >= 0.3 is 5.69 Å². The maximum Gasteiger partial charge on any atom is 0.329 e. The molecule has 0 radical (unpaired) electrons. The van der Waals surface area contributed by atoms with Crippen LogP contribution in [0.4, 0.5) is 17.5 Å². The monoisotopic (exact) mass is 292 g/mol. The van der Waals surface area contributed by atoms with Crippen LogP contribution in [0.5, 0.6) is 0 Å². The van der Waals surface area contributed by atoms with E-state index in [-0.39, 0.29) is 11.6 Å². The van der Waals surface area contributed by atoms with Crippen LogP contribution in [-0.2, 0) is 0 Å². The van der Waals surface area contributed by atoms with Crippen molar-refractivity contribution in [3.63, 3.8) is 0 Å². The number of nitro groups is 1. The van der Waals surface area contributed by atoms with E-state index in [0.29, 0.717) is 11.7 Å². The van der Waals surface area contributed by atoms with E-state index in [4.69, 9.17) is 5.84 Å². The van der Waals surface area contributed by atoms with Crippen LogP contribution in [0.25, 0.3) is 0 Å². The van der Waals surface area contributed by atoms with E-state index < -0.39 is 4.92 Å². The van der Waals surface area contributed by atoms with Gasteiger partial charge in [-0.25, -0.2) is 10.8 Å². The van der Waals surface area contributed by atoms with Gasteiger partial charge in [0, 0.05) is 13.6 Å². The Morgan fingerprint density at radius 3 is 2.90 bits per heavy atom. The van der Waals surface area contributed by atoms with Crippen molar-refractivity contribution < 1.29 is 4.92 Å². The van der Waals surface area contributed by atoms with Gasteiger partial charge in [-0.1, -0.05) is 6.42 Å². The van der Waals surface area contributed by atoms with Crippen LogP contribution in [0.15, 0.2) is 6.20 Å². The summed E-state index contributed by atoms with van der Waals surface area (Å²) in [5.41, 5.74) is 2.25. The fraction of sp³-hybridized carbons (Fsp3) is 0.692. The second-order valence-electron chi connectivity index (χ2n) is 6.12. The van der Waals surface area contributed by atoms with Crippen LogP contribution < -0.4 is 16.2 Å². The highest BCUT2D eigenvalue weighted by Crippen LogP contribution is 2.48. The van der Waals surface area contributed by atoms with Crippen molar-refractivity contribution in [2.45, 2.75) is 25.7 Å². The molecule has 114 valence electrons. The van der Waals surface area contributed by atoms with Crippen molar-refractivity contribution in [3.05, 3.63) is 16.3 Å². The molecular weight excluding hydrogens is 272 g/mol. The Kier molecular flexibility index (Phi) is 3.62. The standard InChI is InChI=1S/C13H20N6O2/c1-18(7-10-5-8-2-3-9(10)4-8)12-11(19(20)21)6-15-13(16-12)17-14/h6,8-10H,2-5,7,14H2,1H3,(H,15,16,17). The Labute approximate surface area is 122 Å². The molecule has 3 unspecified atom stereocenters. The molecule has 1 aromatic heterocycles. The third-order valence-corrected chi connectivity index (χ3v) is 4.83. The third-order valence-electron chi connectivity index (χ3n) is 4.83. The topological polar surface area (TPSA) is 110 Å². The highest BCUT2D eigenvalue weighted by Gasteiger charge is 2.40. The number of nitrogens with one attached hydrogen (secondary N) is 1. The van der Waals surface area contributed by atoms with E-state index in [0.717, 1.165) is 18.4 Å². The first-order valence-electron chi connectivity index (χ1n) is 7.27. The van der Waals surface area contributed by atoms with Crippen LogP contribution >= 0.6 is 0 Å². The van der Waals surface area contributed by atoms with Crippen LogP contribution in [0.2, 0.25) is 0 Å². The van der Waals surface area contributed by atoms with Crippen molar-refractivity contribution >= 4 is 17.5 Å². The molecule has 2 aliphatic carbocycles. The number of hydrogen-bond donors (Lipinski definition) is 2. The zero-order valence-corrected chi connectivity index (χ0v) is 12.0. The van der Waals surface area contributed by atoms with Gasteiger partial charge in [0.05, 0.1) is 4.92 Å². The van der Waals surface area contributed by atoms with Gasteiger partial charge in [0.15, 0.2) is 0 Å². The fourth-order valence-corrected chi connectivity index (χ4v) is 3.88. The molecule has 2 aliphatic rings. The fourth-order valence-electron chi connectivity index (χ4n) is 3.88. The molecule has 8 heteroatoms. The number of nitrogen functional groups attached to an aromatic ring is 1. The lowest BCUT2D eigenvalue weighted by Crippen LogP contribution is -2.30. The minimum Gasteiger partial charge on any atom is -0.354 e. The van der Waals surface area contributed by atoms with Gasteiger partial charge in [-0.2, -0.15) is 4.98 Å². The highest BCUT2D eigenvalue weighted by molar-refractivity contribution is 5.58. The van der Waals surface area contributed by atoms with E-state index in [2.05, 4.69) is 15.4 Å². The van der Waals surface area contributed by atoms with Crippen molar-refractivity contribution in [3.8, 4) is 0 Å². The second kappa shape index (κ2) is 5.44. The van der Waals surface area contributed by atoms with Crippen LogP contribution in [0.1, 0.15) is 25.7 Å². The Hall–Kier alpha value is -1.96. The van der Waals surface area contributed by atoms with Gasteiger partial charge in [-0.15, -0.1) is 0 Å². The van der Waals surface area contributed by atoms with Gasteiger partial charge in [-0.3, -0.25) is 15.5 Å². The highest BCUT2D eigenvalue weighted by atomic mass is 16.6. The van der Waals surface area contributed by atoms with Gasteiger partial charge in [0.1, 0.15) is 6.20 Å². The van der Waals surface area contributed by atoms with E-state index in [1.54, 1.807) is 0 Å². The third kappa shape index (κ3) is 2.63. The summed E-state index contributed by atoms with van der Waals surface area (Å²) in [5, 5.41) is 11.1. The van der Waals surface area contributed by atoms with Gasteiger partial charge in [-0.05, 0) is 37.0 Å². The molecular formula is C13H20N6O2. The quantitative estimate of drug-likeness (QED) is 0.481. The average Bonchev–Trinajstić information content (AvgIpc) is 3.09. The molecule has 0 amide bonds. The van der Waals surface area contributed by atoms with Crippen molar-refractivity contribution in [2.24, 2.45) is 23.6 Å². The average molecular weight is 292 g/mol. The molecule has 3 N–H and O–H groups in total. The van der Waals surface area contributed by atoms with Crippen molar-refractivity contribution in [1.29, 1.82) is 0 Å². The van der Waals surface area contributed by atoms with Crippen LogP contribution in [-0.4, -0.2) is 28.5 Å². The molecule has 2 fully saturated rings. The predicted octanol–water partition coefficient (Wildman–Crippen LogP) is 1.54. The summed E-state index contributed by atoms with van der Waals surface area (Å²) in [7, 11) is 1.85. The Morgan fingerprint density at radius 2 is 2.33 bits per heavy atom. The van der Waals surface area contributed by atoms with Crippen molar-refractivity contribution in [2.75, 3.05) is 23.9 Å². The molecule has 8 nitrogen and oxygen atoms in total. The molecule has 0 spiro atoms. The predicted molar refractivity (Wildman–Crippen MR) is 78.7 cm³/mol. The lowest BCUT2D eigenvalue weighted by Gasteiger charge is -2.27. The lowest BCUT2D eigenvalue weighted by atomic mass is 9.88. The zero-order chi connectivity index (χ0) is 15.0. The molecule has 0 saturated heterocycles. The number of nitrogens with zero attached hydrogens (tertiary/aromatic N) is 4. The minimum absolute atomic E-state index is 0.0837. The maximum absolute atomic E-state index is 11.1. The van der Waals surface area contributed by atoms with Crippen LogP contribution in [0, 0.1) is 27.9 Å². The van der Waals surface area contributed by atoms with E-state index >= 15 is 0 Å². The normalized spacial score (nSPS) is 26.9. The Bertz CT molecular complexity index is 551. The molecule has 0 aromatic carbocycles. The van der Waals surface area contributed by atoms with Gasteiger partial charge < -0.3 is 4.90 Å². The van der Waals surface area contributed by atoms with Gasteiger partial charge in [0.2, 0.25) is 11.8 Å². The SMILES string of the molecule is CN(CC1CC2CCC1C2)c1nc(NN)ncc1[N+](=O)[O-]. The number of aromatic nitrogens is 2. The summed E-state index contributed by atoms with van der Waals surface area (Å²) >= 11 is 0. The number of hydrazine groups is 1. The van der Waals surface area contributed by atoms with Crippen LogP contribution in [0.3, 0.4) is 0 Å². The molecule has 1 aromatic rings. The summed E-state index contributed by atoms with van der Waals surface area (Å²) in [6.45, 7) is 0.795. The number of rotatable bonds is 5. The summed E-state index contributed by atoms with van der Waals surface area (Å²) in [6, 6.07) is 0. The number of fused-ring (bicyclic) bond motifs is 2. The molecule has 1 heterocycles. The largest absolute Gasteiger partial charge is 0.354 e. The van der Waals surface area contributed by atoms with E-state index in [1.165, 1.54) is 31.9 Å². The first-order valence-corrected chi connectivity index (χ1v) is 7.27. The number of hydrogen-bond acceptors (Lipinski definition) is 7. The molecule has 2 bridgehead atoms. The summed E-state index contributed by atoms with van der Waals surface area (Å²) in [5.74, 6) is 8.04. The van der Waals surface area contributed by atoms with Gasteiger partial charge in [0.25, 0.3) is 0 Å². The lowest BCUT2D eigenvalue weighted by molar-refractivity contribution is -0.384. The van der Waals surface area contributed by atoms with E-state index in [9.17, 15) is 10.1 Å². The molecule has 0 aliphatic heterocycles. The molecule has 3 atom stereocenters. The molecule has 3 rings (SSSR count). The summed E-state index contributed by atoms with van der Waals surface area (Å²) < 4.78 is 0. The summed E-state index contributed by atoms with van der Waals surface area (Å²) in [4.78, 5) is 20.5. The molecule has 2 saturated carbocycles. The van der Waals surface area contributed by atoms with Crippen molar-refractivity contribution in [1.82, 2.24) is 9.97 Å². The maximum atomic E-state index is 11.1. The number of nitrogens with two attached hydrogens (primary N) is 1. The first kappa shape index (κ1) is 14.0. The molecule has 21 heavy (non-hydrogen) atoms. The number of anilines is 2. The second-order valence-corrected chi connectivity index (χ2v) is 6.12. The zero-order valence-electron chi connectivity index (χ0n) is 12.0. The Balaban J connectivity index is 1.79. The smallest absolute Gasteiger partial charge is 0.329 e. The summed E-state index contributed by atoms with van der Waals surface area (Å²) in [6.07, 6.45) is 6.40. The first-order chi connectivity index (χ1) is 10.1. The van der Waals surface area contributed by atoms with E-state index in [1.807, 2.05) is 11.9 Å². The minimum atomic E-state index is -0.451.